The normalized spacial score (nSPS) is 19.8. The zero-order valence-corrected chi connectivity index (χ0v) is 11.9. The number of nitro benzene ring substituents is 1. The highest BCUT2D eigenvalue weighted by Gasteiger charge is 2.35. The van der Waals surface area contributed by atoms with Crippen LogP contribution in [0.4, 0.5) is 5.69 Å². The van der Waals surface area contributed by atoms with Crippen molar-refractivity contribution in [3.05, 3.63) is 46.1 Å². The molecule has 1 saturated carbocycles. The van der Waals surface area contributed by atoms with Crippen molar-refractivity contribution in [3.63, 3.8) is 0 Å². The third-order valence-corrected chi connectivity index (χ3v) is 4.01. The van der Waals surface area contributed by atoms with Crippen LogP contribution in [0.5, 0.6) is 0 Å². The predicted molar refractivity (Wildman–Crippen MR) is 80.0 cm³/mol. The van der Waals surface area contributed by atoms with Crippen LogP contribution in [0.1, 0.15) is 23.2 Å². The largest absolute Gasteiger partial charge is 0.481 e. The number of pyridine rings is 1. The van der Waals surface area contributed by atoms with Crippen molar-refractivity contribution >= 4 is 28.5 Å². The molecule has 0 unspecified atom stereocenters. The molecule has 0 saturated heterocycles. The zero-order chi connectivity index (χ0) is 16.6. The summed E-state index contributed by atoms with van der Waals surface area (Å²) in [6.45, 7) is 0. The minimum atomic E-state index is -0.863. The van der Waals surface area contributed by atoms with E-state index in [2.05, 4.69) is 10.3 Å². The number of carboxylic acid groups (broad SMARTS) is 1. The molecule has 0 bridgehead atoms. The van der Waals surface area contributed by atoms with E-state index in [-0.39, 0.29) is 22.8 Å². The van der Waals surface area contributed by atoms with Crippen molar-refractivity contribution < 1.29 is 19.6 Å². The first-order chi connectivity index (χ1) is 11.0. The summed E-state index contributed by atoms with van der Waals surface area (Å²) in [7, 11) is 0. The van der Waals surface area contributed by atoms with Crippen LogP contribution in [0, 0.1) is 16.0 Å². The molecule has 1 aliphatic rings. The lowest BCUT2D eigenvalue weighted by atomic mass is 9.80. The maximum absolute atomic E-state index is 12.4. The highest BCUT2D eigenvalue weighted by atomic mass is 16.6. The van der Waals surface area contributed by atoms with Crippen LogP contribution in [-0.2, 0) is 4.79 Å². The van der Waals surface area contributed by atoms with Crippen molar-refractivity contribution in [2.75, 3.05) is 0 Å². The van der Waals surface area contributed by atoms with Crippen LogP contribution < -0.4 is 5.32 Å². The number of non-ortho nitro benzene ring substituents is 1. The number of aromatic nitrogens is 1. The molecule has 0 atom stereocenters. The summed E-state index contributed by atoms with van der Waals surface area (Å²) >= 11 is 0. The molecule has 8 heteroatoms. The summed E-state index contributed by atoms with van der Waals surface area (Å²) < 4.78 is 0. The second kappa shape index (κ2) is 5.64. The molecule has 2 N–H and O–H groups in total. The Balaban J connectivity index is 1.86. The van der Waals surface area contributed by atoms with Gasteiger partial charge in [0.2, 0.25) is 0 Å². The Morgan fingerprint density at radius 2 is 2.04 bits per heavy atom. The van der Waals surface area contributed by atoms with Crippen LogP contribution in [0.25, 0.3) is 10.9 Å². The molecule has 2 aromatic rings. The Bertz CT molecular complexity index is 814. The molecule has 1 amide bonds. The maximum atomic E-state index is 12.4. The van der Waals surface area contributed by atoms with E-state index in [9.17, 15) is 19.7 Å². The molecule has 1 fully saturated rings. The van der Waals surface area contributed by atoms with E-state index in [1.807, 2.05) is 0 Å². The fourth-order valence-electron chi connectivity index (χ4n) is 2.70. The SMILES string of the molecule is O=C(NC1CC(C(=O)O)C1)c1ccc([N+](=O)[O-])c2cccnc12. The molecule has 1 aromatic carbocycles. The maximum Gasteiger partial charge on any atom is 0.306 e. The zero-order valence-electron chi connectivity index (χ0n) is 11.9. The van der Waals surface area contributed by atoms with Gasteiger partial charge in [-0.25, -0.2) is 0 Å². The molecule has 1 aromatic heterocycles. The van der Waals surface area contributed by atoms with Crippen LogP contribution in [-0.4, -0.2) is 32.9 Å². The van der Waals surface area contributed by atoms with Gasteiger partial charge in [-0.05, 0) is 31.0 Å². The summed E-state index contributed by atoms with van der Waals surface area (Å²) in [6.07, 6.45) is 2.24. The Labute approximate surface area is 130 Å². The number of nitrogens with zero attached hydrogens (tertiary/aromatic N) is 2. The number of nitrogens with one attached hydrogen (secondary N) is 1. The first kappa shape index (κ1) is 14.9. The Morgan fingerprint density at radius 1 is 1.30 bits per heavy atom. The van der Waals surface area contributed by atoms with Gasteiger partial charge in [0, 0.05) is 18.3 Å². The summed E-state index contributed by atoms with van der Waals surface area (Å²) in [5.74, 6) is -1.69. The Morgan fingerprint density at radius 3 is 2.70 bits per heavy atom. The Hall–Kier alpha value is -3.03. The van der Waals surface area contributed by atoms with Gasteiger partial charge in [-0.2, -0.15) is 0 Å². The number of hydrogen-bond acceptors (Lipinski definition) is 5. The topological polar surface area (TPSA) is 122 Å². The van der Waals surface area contributed by atoms with Gasteiger partial charge in [0.25, 0.3) is 11.6 Å². The number of carbonyl (C=O) groups excluding carboxylic acids is 1. The van der Waals surface area contributed by atoms with E-state index < -0.39 is 22.7 Å². The first-order valence-corrected chi connectivity index (χ1v) is 7.03. The van der Waals surface area contributed by atoms with Crippen molar-refractivity contribution in [1.82, 2.24) is 10.3 Å². The predicted octanol–water partition coefficient (Wildman–Crippen LogP) is 1.74. The van der Waals surface area contributed by atoms with Crippen molar-refractivity contribution in [2.24, 2.45) is 5.92 Å². The number of benzene rings is 1. The van der Waals surface area contributed by atoms with Gasteiger partial charge < -0.3 is 10.4 Å². The number of carboxylic acids is 1. The summed E-state index contributed by atoms with van der Waals surface area (Å²) in [5.41, 5.74) is 0.387. The van der Waals surface area contributed by atoms with Crippen LogP contribution >= 0.6 is 0 Å². The van der Waals surface area contributed by atoms with E-state index in [1.165, 1.54) is 18.3 Å². The fourth-order valence-corrected chi connectivity index (χ4v) is 2.70. The number of rotatable bonds is 4. The van der Waals surface area contributed by atoms with E-state index in [0.29, 0.717) is 18.2 Å². The van der Waals surface area contributed by atoms with Gasteiger partial charge in [0.15, 0.2) is 0 Å². The standard InChI is InChI=1S/C15H13N3O5/c19-14(17-9-6-8(7-9)15(20)21)11-3-4-12(18(22)23)10-2-1-5-16-13(10)11/h1-5,8-9H,6-7H2,(H,17,19)(H,20,21). The second-order valence-electron chi connectivity index (χ2n) is 5.47. The summed E-state index contributed by atoms with van der Waals surface area (Å²) in [5, 5.41) is 22.9. The van der Waals surface area contributed by atoms with Crippen LogP contribution in [0.3, 0.4) is 0 Å². The van der Waals surface area contributed by atoms with Crippen LogP contribution in [0.15, 0.2) is 30.5 Å². The van der Waals surface area contributed by atoms with Gasteiger partial charge in [-0.15, -0.1) is 0 Å². The molecular weight excluding hydrogens is 302 g/mol. The molecule has 23 heavy (non-hydrogen) atoms. The fraction of sp³-hybridized carbons (Fsp3) is 0.267. The monoisotopic (exact) mass is 315 g/mol. The number of hydrogen-bond donors (Lipinski definition) is 2. The van der Waals surface area contributed by atoms with E-state index in [1.54, 1.807) is 12.1 Å². The molecule has 0 radical (unpaired) electrons. The molecule has 118 valence electrons. The minimum absolute atomic E-state index is 0.112. The lowest BCUT2D eigenvalue weighted by Crippen LogP contribution is -2.46. The number of amides is 1. The average Bonchev–Trinajstić information content (AvgIpc) is 2.48. The van der Waals surface area contributed by atoms with E-state index in [4.69, 9.17) is 5.11 Å². The molecule has 0 aliphatic heterocycles. The van der Waals surface area contributed by atoms with E-state index >= 15 is 0 Å². The minimum Gasteiger partial charge on any atom is -0.481 e. The molecule has 8 nitrogen and oxygen atoms in total. The number of carbonyl (C=O) groups is 2. The quantitative estimate of drug-likeness (QED) is 0.654. The Kier molecular flexibility index (Phi) is 3.65. The van der Waals surface area contributed by atoms with Crippen molar-refractivity contribution in [3.8, 4) is 0 Å². The lowest BCUT2D eigenvalue weighted by Gasteiger charge is -2.32. The van der Waals surface area contributed by atoms with Gasteiger partial charge in [0.05, 0.1) is 27.3 Å². The lowest BCUT2D eigenvalue weighted by molar-refractivity contribution is -0.383. The van der Waals surface area contributed by atoms with Gasteiger partial charge >= 0.3 is 5.97 Å². The van der Waals surface area contributed by atoms with Crippen molar-refractivity contribution in [2.45, 2.75) is 18.9 Å². The first-order valence-electron chi connectivity index (χ1n) is 7.03. The molecule has 3 rings (SSSR count). The van der Waals surface area contributed by atoms with Gasteiger partial charge in [-0.1, -0.05) is 0 Å². The molecule has 1 aliphatic carbocycles. The number of fused-ring (bicyclic) bond motifs is 1. The van der Waals surface area contributed by atoms with Gasteiger partial charge in [-0.3, -0.25) is 24.7 Å². The van der Waals surface area contributed by atoms with Crippen molar-refractivity contribution in [1.29, 1.82) is 0 Å². The van der Waals surface area contributed by atoms with Gasteiger partial charge in [0.1, 0.15) is 0 Å². The molecule has 0 spiro atoms. The smallest absolute Gasteiger partial charge is 0.306 e. The van der Waals surface area contributed by atoms with Crippen LogP contribution in [0.2, 0.25) is 0 Å². The summed E-state index contributed by atoms with van der Waals surface area (Å²) in [6, 6.07) is 5.56. The highest BCUT2D eigenvalue weighted by molar-refractivity contribution is 6.07. The number of aliphatic carboxylic acids is 1. The van der Waals surface area contributed by atoms with E-state index in [0.717, 1.165) is 0 Å². The molecular formula is C15H13N3O5. The number of nitro groups is 1. The average molecular weight is 315 g/mol. The second-order valence-corrected chi connectivity index (χ2v) is 5.47. The summed E-state index contributed by atoms with van der Waals surface area (Å²) in [4.78, 5) is 37.7. The third-order valence-electron chi connectivity index (χ3n) is 4.01. The molecule has 1 heterocycles. The highest BCUT2D eigenvalue weighted by Crippen LogP contribution is 2.29. The third kappa shape index (κ3) is 2.70.